The number of carbonyl (C=O) groups excluding carboxylic acids is 1. The fraction of sp³-hybridized carbons (Fsp3) is 0.154. The summed E-state index contributed by atoms with van der Waals surface area (Å²) >= 11 is 0. The van der Waals surface area contributed by atoms with Gasteiger partial charge < -0.3 is 5.32 Å². The number of aryl methyl sites for hydroxylation is 1. The number of pyridine rings is 1. The van der Waals surface area contributed by atoms with Gasteiger partial charge in [-0.05, 0) is 24.6 Å². The zero-order valence-corrected chi connectivity index (χ0v) is 10.6. The van der Waals surface area contributed by atoms with E-state index in [4.69, 9.17) is 0 Å². The van der Waals surface area contributed by atoms with Crippen molar-refractivity contribution in [3.05, 3.63) is 35.5 Å². The Morgan fingerprint density at radius 3 is 2.95 bits per heavy atom. The fourth-order valence-electron chi connectivity index (χ4n) is 1.81. The maximum atomic E-state index is 11.2. The second kappa shape index (κ2) is 5.23. The number of carbonyl (C=O) groups is 1. The minimum Gasteiger partial charge on any atom is -0.340 e. The van der Waals surface area contributed by atoms with Crippen molar-refractivity contribution in [3.8, 4) is 6.07 Å². The number of hydrazine groups is 1. The first kappa shape index (κ1) is 12.6. The Kier molecular flexibility index (Phi) is 3.48. The van der Waals surface area contributed by atoms with E-state index >= 15 is 0 Å². The van der Waals surface area contributed by atoms with Gasteiger partial charge in [-0.1, -0.05) is 6.07 Å². The maximum absolute atomic E-state index is 11.2. The van der Waals surface area contributed by atoms with E-state index in [1.165, 1.54) is 7.05 Å². The molecule has 0 radical (unpaired) electrons. The van der Waals surface area contributed by atoms with E-state index in [1.807, 2.05) is 19.1 Å². The summed E-state index contributed by atoms with van der Waals surface area (Å²) in [6.07, 6.45) is 1.65. The molecule has 0 aliphatic heterocycles. The van der Waals surface area contributed by atoms with Crippen molar-refractivity contribution in [2.24, 2.45) is 0 Å². The number of anilines is 1. The number of rotatable bonds is 2. The molecule has 6 nitrogen and oxygen atoms in total. The summed E-state index contributed by atoms with van der Waals surface area (Å²) in [5, 5.41) is 12.5. The molecule has 0 aliphatic rings. The molecule has 0 aliphatic carbocycles. The molecule has 0 unspecified atom stereocenters. The van der Waals surface area contributed by atoms with E-state index in [1.54, 1.807) is 12.3 Å². The number of nitrogens with zero attached hydrogens (tertiary/aromatic N) is 2. The quantitative estimate of drug-likeness (QED) is 0.712. The highest BCUT2D eigenvalue weighted by Crippen LogP contribution is 2.27. The Morgan fingerprint density at radius 2 is 2.26 bits per heavy atom. The third kappa shape index (κ3) is 2.40. The van der Waals surface area contributed by atoms with Gasteiger partial charge in [0.25, 0.3) is 0 Å². The first-order valence-corrected chi connectivity index (χ1v) is 5.69. The largest absolute Gasteiger partial charge is 0.340 e. The number of nitriles is 1. The molecule has 1 aromatic heterocycles. The van der Waals surface area contributed by atoms with Crippen LogP contribution in [0.2, 0.25) is 0 Å². The highest BCUT2D eigenvalue weighted by molar-refractivity contribution is 5.96. The van der Waals surface area contributed by atoms with Crippen molar-refractivity contribution < 1.29 is 4.79 Å². The molecule has 0 fully saturated rings. The summed E-state index contributed by atoms with van der Waals surface area (Å²) in [5.74, 6) is 0. The van der Waals surface area contributed by atoms with Gasteiger partial charge >= 0.3 is 6.03 Å². The van der Waals surface area contributed by atoms with Gasteiger partial charge in [-0.3, -0.25) is 15.8 Å². The van der Waals surface area contributed by atoms with Crippen molar-refractivity contribution in [2.75, 3.05) is 12.5 Å². The Labute approximate surface area is 110 Å². The van der Waals surface area contributed by atoms with E-state index in [0.717, 1.165) is 10.9 Å². The highest BCUT2D eigenvalue weighted by Gasteiger charge is 2.11. The summed E-state index contributed by atoms with van der Waals surface area (Å²) in [4.78, 5) is 15.5. The molecule has 2 aromatic rings. The van der Waals surface area contributed by atoms with Gasteiger partial charge in [0, 0.05) is 18.6 Å². The van der Waals surface area contributed by atoms with Crippen LogP contribution in [0.25, 0.3) is 10.9 Å². The molecule has 0 saturated heterocycles. The van der Waals surface area contributed by atoms with Crippen LogP contribution in [0.1, 0.15) is 11.1 Å². The number of benzene rings is 1. The Morgan fingerprint density at radius 1 is 1.47 bits per heavy atom. The molecule has 0 atom stereocenters. The van der Waals surface area contributed by atoms with Crippen molar-refractivity contribution in [3.63, 3.8) is 0 Å². The minimum absolute atomic E-state index is 0.395. The molecular formula is C13H13N5O. The molecule has 1 heterocycles. The molecule has 0 saturated carbocycles. The standard InChI is InChI=1S/C13H13N5O/c1-8-6-9(7-14)11(17-18-13(19)15-2)12-10(8)4-3-5-16-12/h3-6,17H,1-2H3,(H2,15,18,19). The van der Waals surface area contributed by atoms with Gasteiger partial charge in [0.2, 0.25) is 0 Å². The smallest absolute Gasteiger partial charge is 0.333 e. The first-order valence-electron chi connectivity index (χ1n) is 5.69. The number of hydrogen-bond donors (Lipinski definition) is 3. The molecule has 6 heteroatoms. The lowest BCUT2D eigenvalue weighted by Crippen LogP contribution is -2.37. The third-order valence-electron chi connectivity index (χ3n) is 2.75. The molecule has 19 heavy (non-hydrogen) atoms. The summed E-state index contributed by atoms with van der Waals surface area (Å²) in [7, 11) is 1.51. The Balaban J connectivity index is 2.54. The van der Waals surface area contributed by atoms with Gasteiger partial charge in [-0.2, -0.15) is 5.26 Å². The van der Waals surface area contributed by atoms with Crippen LogP contribution in [0.5, 0.6) is 0 Å². The number of amides is 2. The zero-order chi connectivity index (χ0) is 13.8. The number of fused-ring (bicyclic) bond motifs is 1. The van der Waals surface area contributed by atoms with Gasteiger partial charge in [0.15, 0.2) is 0 Å². The monoisotopic (exact) mass is 255 g/mol. The van der Waals surface area contributed by atoms with Crippen LogP contribution in [0, 0.1) is 18.3 Å². The normalized spacial score (nSPS) is 9.74. The van der Waals surface area contributed by atoms with Gasteiger partial charge in [-0.15, -0.1) is 0 Å². The second-order valence-corrected chi connectivity index (χ2v) is 3.96. The lowest BCUT2D eigenvalue weighted by atomic mass is 10.0. The maximum Gasteiger partial charge on any atom is 0.333 e. The average Bonchev–Trinajstić information content (AvgIpc) is 2.45. The number of aromatic nitrogens is 1. The predicted molar refractivity (Wildman–Crippen MR) is 72.4 cm³/mol. The second-order valence-electron chi connectivity index (χ2n) is 3.96. The van der Waals surface area contributed by atoms with Gasteiger partial charge in [-0.25, -0.2) is 4.79 Å². The van der Waals surface area contributed by atoms with Crippen LogP contribution < -0.4 is 16.2 Å². The van der Waals surface area contributed by atoms with Crippen LogP contribution in [0.15, 0.2) is 24.4 Å². The van der Waals surface area contributed by atoms with Crippen LogP contribution in [-0.4, -0.2) is 18.1 Å². The molecule has 96 valence electrons. The van der Waals surface area contributed by atoms with E-state index in [2.05, 4.69) is 27.2 Å². The van der Waals surface area contributed by atoms with Crippen molar-refractivity contribution in [1.82, 2.24) is 15.7 Å². The summed E-state index contributed by atoms with van der Waals surface area (Å²) < 4.78 is 0. The van der Waals surface area contributed by atoms with Gasteiger partial charge in [0.05, 0.1) is 16.8 Å². The predicted octanol–water partition coefficient (Wildman–Crippen LogP) is 1.67. The average molecular weight is 255 g/mol. The van der Waals surface area contributed by atoms with Crippen LogP contribution in [-0.2, 0) is 0 Å². The SMILES string of the molecule is CNC(=O)NNc1c(C#N)cc(C)c2cccnc12. The zero-order valence-electron chi connectivity index (χ0n) is 10.6. The van der Waals surface area contributed by atoms with Crippen molar-refractivity contribution in [1.29, 1.82) is 5.26 Å². The van der Waals surface area contributed by atoms with E-state index in [-0.39, 0.29) is 0 Å². The van der Waals surface area contributed by atoms with Crippen LogP contribution >= 0.6 is 0 Å². The summed E-state index contributed by atoms with van der Waals surface area (Å²) in [6.45, 7) is 1.92. The number of nitrogens with one attached hydrogen (secondary N) is 3. The summed E-state index contributed by atoms with van der Waals surface area (Å²) in [5.41, 5.74) is 7.72. The fourth-order valence-corrected chi connectivity index (χ4v) is 1.81. The molecular weight excluding hydrogens is 242 g/mol. The lowest BCUT2D eigenvalue weighted by molar-refractivity contribution is 0.245. The molecule has 0 spiro atoms. The number of hydrogen-bond acceptors (Lipinski definition) is 4. The number of urea groups is 1. The lowest BCUT2D eigenvalue weighted by Gasteiger charge is -2.13. The summed E-state index contributed by atoms with van der Waals surface area (Å²) in [6, 6.07) is 7.21. The van der Waals surface area contributed by atoms with Gasteiger partial charge in [0.1, 0.15) is 6.07 Å². The molecule has 0 bridgehead atoms. The third-order valence-corrected chi connectivity index (χ3v) is 2.75. The minimum atomic E-state index is -0.395. The molecule has 2 amide bonds. The first-order chi connectivity index (χ1) is 9.17. The van der Waals surface area contributed by atoms with Crippen LogP contribution in [0.4, 0.5) is 10.5 Å². The molecule has 2 rings (SSSR count). The van der Waals surface area contributed by atoms with Crippen molar-refractivity contribution >= 4 is 22.6 Å². The molecule has 3 N–H and O–H groups in total. The highest BCUT2D eigenvalue weighted by atomic mass is 16.2. The molecule has 1 aromatic carbocycles. The van der Waals surface area contributed by atoms with Crippen LogP contribution in [0.3, 0.4) is 0 Å². The topological polar surface area (TPSA) is 89.8 Å². The Bertz CT molecular complexity index is 675. The van der Waals surface area contributed by atoms with Crippen molar-refractivity contribution in [2.45, 2.75) is 6.92 Å². The van der Waals surface area contributed by atoms with E-state index < -0.39 is 6.03 Å². The van der Waals surface area contributed by atoms with E-state index in [9.17, 15) is 10.1 Å². The Hall–Kier alpha value is -2.81. The van der Waals surface area contributed by atoms with E-state index in [0.29, 0.717) is 16.8 Å².